The highest BCUT2D eigenvalue weighted by molar-refractivity contribution is 7.81. The van der Waals surface area contributed by atoms with E-state index in [-0.39, 0.29) is 4.75 Å². The quantitative estimate of drug-likeness (QED) is 0.464. The predicted octanol–water partition coefficient (Wildman–Crippen LogP) is 1.29. The molecule has 0 heterocycles. The summed E-state index contributed by atoms with van der Waals surface area (Å²) in [6.07, 6.45) is 0. The van der Waals surface area contributed by atoms with E-state index in [0.717, 1.165) is 0 Å². The monoisotopic (exact) mass is 121 g/mol. The third-order valence-electron chi connectivity index (χ3n) is 0. The lowest BCUT2D eigenvalue weighted by Crippen LogP contribution is -1.99. The summed E-state index contributed by atoms with van der Waals surface area (Å²) in [7, 11) is 1.50. The maximum atomic E-state index is 4.50. The van der Waals surface area contributed by atoms with E-state index in [9.17, 15) is 0 Å². The van der Waals surface area contributed by atoms with Crippen LogP contribution in [0.2, 0.25) is 0 Å². The van der Waals surface area contributed by atoms with Crippen LogP contribution < -0.4 is 5.73 Å². The summed E-state index contributed by atoms with van der Waals surface area (Å²) in [6, 6.07) is 0. The van der Waals surface area contributed by atoms with Gasteiger partial charge in [-0.2, -0.15) is 12.6 Å². The van der Waals surface area contributed by atoms with Crippen molar-refractivity contribution in [3.63, 3.8) is 0 Å². The fourth-order valence-electron chi connectivity index (χ4n) is 0. The fourth-order valence-corrected chi connectivity index (χ4v) is 0. The van der Waals surface area contributed by atoms with Gasteiger partial charge in [-0.1, -0.05) is 20.8 Å². The van der Waals surface area contributed by atoms with E-state index in [1.54, 1.807) is 0 Å². The molecule has 2 N–H and O–H groups in total. The highest BCUT2D eigenvalue weighted by Crippen LogP contribution is 2.07. The SMILES string of the molecule is CC(C)(C)S.CN. The van der Waals surface area contributed by atoms with E-state index in [1.807, 2.05) is 0 Å². The van der Waals surface area contributed by atoms with Gasteiger partial charge in [0.1, 0.15) is 0 Å². The number of thiol groups is 1. The van der Waals surface area contributed by atoms with Crippen LogP contribution in [0, 0.1) is 0 Å². The van der Waals surface area contributed by atoms with E-state index in [0.29, 0.717) is 0 Å². The van der Waals surface area contributed by atoms with Crippen LogP contribution in [-0.2, 0) is 0 Å². The summed E-state index contributed by atoms with van der Waals surface area (Å²) in [5.41, 5.74) is 4.50. The molecule has 0 saturated carbocycles. The van der Waals surface area contributed by atoms with Crippen molar-refractivity contribution in [3.8, 4) is 0 Å². The van der Waals surface area contributed by atoms with Crippen molar-refractivity contribution in [2.75, 3.05) is 7.05 Å². The molecule has 1 nitrogen and oxygen atoms in total. The number of rotatable bonds is 0. The van der Waals surface area contributed by atoms with E-state index >= 15 is 0 Å². The van der Waals surface area contributed by atoms with Crippen molar-refractivity contribution in [1.29, 1.82) is 0 Å². The summed E-state index contributed by atoms with van der Waals surface area (Å²) in [4.78, 5) is 0. The molecule has 0 rings (SSSR count). The fraction of sp³-hybridized carbons (Fsp3) is 1.00. The lowest BCUT2D eigenvalue weighted by atomic mass is 10.3. The van der Waals surface area contributed by atoms with Crippen LogP contribution in [0.4, 0.5) is 0 Å². The molecule has 0 aliphatic rings. The van der Waals surface area contributed by atoms with Crippen LogP contribution in [0.5, 0.6) is 0 Å². The second-order valence-corrected chi connectivity index (χ2v) is 3.51. The third-order valence-corrected chi connectivity index (χ3v) is 0. The molecule has 0 atom stereocenters. The molecule has 0 saturated heterocycles. The van der Waals surface area contributed by atoms with Gasteiger partial charge in [-0.3, -0.25) is 0 Å². The maximum Gasteiger partial charge on any atom is 0.00449 e. The van der Waals surface area contributed by atoms with E-state index < -0.39 is 0 Å². The lowest BCUT2D eigenvalue weighted by Gasteiger charge is -2.04. The van der Waals surface area contributed by atoms with Gasteiger partial charge in [0.2, 0.25) is 0 Å². The average Bonchev–Trinajstić information content (AvgIpc) is 1.36. The Morgan fingerprint density at radius 3 is 1.14 bits per heavy atom. The normalized spacial score (nSPS) is 9.43. The van der Waals surface area contributed by atoms with Crippen LogP contribution >= 0.6 is 12.6 Å². The molecule has 0 bridgehead atoms. The molecule has 0 amide bonds. The molecule has 0 spiro atoms. The first kappa shape index (κ1) is 10.3. The van der Waals surface area contributed by atoms with Crippen molar-refractivity contribution < 1.29 is 0 Å². The zero-order valence-electron chi connectivity index (χ0n) is 5.52. The van der Waals surface area contributed by atoms with Crippen LogP contribution in [0.25, 0.3) is 0 Å². The largest absolute Gasteiger partial charge is 0.333 e. The van der Waals surface area contributed by atoms with Crippen LogP contribution in [-0.4, -0.2) is 11.8 Å². The van der Waals surface area contributed by atoms with Crippen molar-refractivity contribution in [2.45, 2.75) is 25.5 Å². The Bertz CT molecular complexity index is 23.6. The zero-order valence-corrected chi connectivity index (χ0v) is 6.42. The molecule has 0 aliphatic carbocycles. The average molecular weight is 121 g/mol. The Labute approximate surface area is 51.7 Å². The minimum atomic E-state index is 0.194. The van der Waals surface area contributed by atoms with Crippen molar-refractivity contribution in [1.82, 2.24) is 0 Å². The summed E-state index contributed by atoms with van der Waals surface area (Å²) in [5, 5.41) is 0. The van der Waals surface area contributed by atoms with Crippen molar-refractivity contribution >= 4 is 12.6 Å². The minimum Gasteiger partial charge on any atom is -0.333 e. The van der Waals surface area contributed by atoms with Crippen molar-refractivity contribution in [2.24, 2.45) is 5.73 Å². The van der Waals surface area contributed by atoms with Gasteiger partial charge < -0.3 is 5.73 Å². The van der Waals surface area contributed by atoms with Crippen LogP contribution in [0.3, 0.4) is 0 Å². The van der Waals surface area contributed by atoms with Gasteiger partial charge in [0, 0.05) is 4.75 Å². The second-order valence-electron chi connectivity index (χ2n) is 2.17. The van der Waals surface area contributed by atoms with E-state index in [1.165, 1.54) is 7.05 Å². The van der Waals surface area contributed by atoms with Crippen LogP contribution in [0.15, 0.2) is 0 Å². The highest BCUT2D eigenvalue weighted by Gasteiger charge is 1.96. The Balaban J connectivity index is 0. The molecule has 0 aromatic carbocycles. The summed E-state index contributed by atoms with van der Waals surface area (Å²) < 4.78 is 0.194. The highest BCUT2D eigenvalue weighted by atomic mass is 32.1. The smallest absolute Gasteiger partial charge is 0.00449 e. The zero-order chi connectivity index (χ0) is 6.50. The topological polar surface area (TPSA) is 26.0 Å². The molecule has 2 heteroatoms. The Morgan fingerprint density at radius 1 is 1.14 bits per heavy atom. The van der Waals surface area contributed by atoms with E-state index in [4.69, 9.17) is 0 Å². The Kier molecular flexibility index (Phi) is 6.59. The van der Waals surface area contributed by atoms with Gasteiger partial charge >= 0.3 is 0 Å². The predicted molar refractivity (Wildman–Crippen MR) is 38.9 cm³/mol. The standard InChI is InChI=1S/C4H10S.CH5N/c1-4(2,3)5;1-2/h5H,1-3H3;2H2,1H3. The van der Waals surface area contributed by atoms with Crippen LogP contribution in [0.1, 0.15) is 20.8 Å². The minimum absolute atomic E-state index is 0.194. The third kappa shape index (κ3) is 1220. The second kappa shape index (κ2) is 4.47. The van der Waals surface area contributed by atoms with Gasteiger partial charge in [-0.05, 0) is 7.05 Å². The molecule has 7 heavy (non-hydrogen) atoms. The summed E-state index contributed by atoms with van der Waals surface area (Å²) in [6.45, 7) is 6.16. The molecule has 0 aliphatic heterocycles. The summed E-state index contributed by atoms with van der Waals surface area (Å²) in [5.74, 6) is 0. The maximum absolute atomic E-state index is 4.50. The Hall–Kier alpha value is 0.310. The Morgan fingerprint density at radius 2 is 1.14 bits per heavy atom. The molecule has 46 valence electrons. The first-order chi connectivity index (χ1) is 3.00. The summed E-state index contributed by atoms with van der Waals surface area (Å²) >= 11 is 4.12. The molecule has 0 aromatic heterocycles. The number of nitrogens with two attached hydrogens (primary N) is 1. The number of hydrogen-bond donors (Lipinski definition) is 2. The van der Waals surface area contributed by atoms with Gasteiger partial charge in [-0.25, -0.2) is 0 Å². The molecule has 0 unspecified atom stereocenters. The van der Waals surface area contributed by atoms with Gasteiger partial charge in [-0.15, -0.1) is 0 Å². The van der Waals surface area contributed by atoms with Gasteiger partial charge in [0.15, 0.2) is 0 Å². The lowest BCUT2D eigenvalue weighted by molar-refractivity contribution is 0.812. The van der Waals surface area contributed by atoms with Gasteiger partial charge in [0.25, 0.3) is 0 Å². The molecule has 0 radical (unpaired) electrons. The first-order valence-corrected chi connectivity index (χ1v) is 2.75. The van der Waals surface area contributed by atoms with Crippen molar-refractivity contribution in [3.05, 3.63) is 0 Å². The first-order valence-electron chi connectivity index (χ1n) is 2.30. The molecule has 0 aromatic rings. The molecular formula is C5H15NS. The van der Waals surface area contributed by atoms with Gasteiger partial charge in [0.05, 0.1) is 0 Å². The number of hydrogen-bond acceptors (Lipinski definition) is 2. The molecular weight excluding hydrogens is 106 g/mol. The molecule has 0 fully saturated rings. The van der Waals surface area contributed by atoms with E-state index in [2.05, 4.69) is 39.1 Å².